The number of thioether (sulfide) groups is 1. The van der Waals surface area contributed by atoms with Gasteiger partial charge in [0.15, 0.2) is 17.1 Å². The van der Waals surface area contributed by atoms with Crippen LogP contribution in [0.4, 0.5) is 5.00 Å². The smallest absolute Gasteiger partial charge is 0.341 e. The van der Waals surface area contributed by atoms with Crippen LogP contribution in [0.1, 0.15) is 69.4 Å². The molecule has 0 fully saturated rings. The Morgan fingerprint density at radius 3 is 2.41 bits per heavy atom. The molecule has 2 aromatic heterocycles. The number of hydrogen-bond acceptors (Lipinski definition) is 9. The van der Waals surface area contributed by atoms with E-state index < -0.39 is 11.9 Å². The summed E-state index contributed by atoms with van der Waals surface area (Å²) in [6, 6.07) is 6.01. The predicted molar refractivity (Wildman–Crippen MR) is 144 cm³/mol. The number of nitrogens with two attached hydrogens (primary N) is 1. The quantitative estimate of drug-likeness (QED) is 0.267. The maximum atomic E-state index is 12.8. The lowest BCUT2D eigenvalue weighted by molar-refractivity contribution is -0.113. The molecule has 1 aromatic carbocycles. The molecule has 3 aromatic rings. The lowest BCUT2D eigenvalue weighted by Crippen LogP contribution is -2.17. The third-order valence-electron chi connectivity index (χ3n) is 5.37. The molecule has 37 heavy (non-hydrogen) atoms. The maximum Gasteiger partial charge on any atom is 0.341 e. The highest BCUT2D eigenvalue weighted by molar-refractivity contribution is 7.99. The normalized spacial score (nSPS) is 11.7. The van der Waals surface area contributed by atoms with Gasteiger partial charge in [0.2, 0.25) is 5.91 Å². The number of benzene rings is 1. The Labute approximate surface area is 223 Å². The van der Waals surface area contributed by atoms with Crippen molar-refractivity contribution >= 4 is 45.9 Å². The molecule has 3 N–H and O–H groups in total. The van der Waals surface area contributed by atoms with Crippen molar-refractivity contribution in [1.29, 1.82) is 0 Å². The average Bonchev–Trinajstić information content (AvgIpc) is 3.37. The first-order valence-corrected chi connectivity index (χ1v) is 13.6. The first kappa shape index (κ1) is 28.2. The van der Waals surface area contributed by atoms with Crippen LogP contribution < -0.4 is 15.8 Å². The van der Waals surface area contributed by atoms with E-state index in [0.29, 0.717) is 23.1 Å². The number of esters is 1. The zero-order valence-corrected chi connectivity index (χ0v) is 23.3. The topological polar surface area (TPSA) is 138 Å². The van der Waals surface area contributed by atoms with Gasteiger partial charge < -0.3 is 25.1 Å². The maximum absolute atomic E-state index is 12.8. The monoisotopic (exact) mass is 545 g/mol. The molecule has 2 heterocycles. The Morgan fingerprint density at radius 2 is 1.81 bits per heavy atom. The van der Waals surface area contributed by atoms with E-state index in [9.17, 15) is 14.4 Å². The molecule has 198 valence electrons. The summed E-state index contributed by atoms with van der Waals surface area (Å²) in [6.07, 6.45) is -0.356. The van der Waals surface area contributed by atoms with Gasteiger partial charge in [0.05, 0.1) is 22.8 Å². The van der Waals surface area contributed by atoms with E-state index in [-0.39, 0.29) is 39.8 Å². The van der Waals surface area contributed by atoms with E-state index in [2.05, 4.69) is 21.6 Å². The van der Waals surface area contributed by atoms with Crippen LogP contribution in [0.3, 0.4) is 0 Å². The summed E-state index contributed by atoms with van der Waals surface area (Å²) in [6.45, 7) is 11.9. The van der Waals surface area contributed by atoms with Crippen molar-refractivity contribution in [3.63, 3.8) is 0 Å². The standard InChI is InChI=1S/C25H31N5O5S2/c1-7-30-22(16(6)35-17-10-13(3)9-14(4)11-17)28-29-25(30)36-12-18(31)27-23-19(24(33)34-8-2)15(5)20(37-23)21(26)32/h9-11,16H,7-8,12H2,1-6H3,(H2,26,32)(H,27,31). The van der Waals surface area contributed by atoms with E-state index in [1.807, 2.05) is 44.4 Å². The van der Waals surface area contributed by atoms with Crippen LogP contribution in [0.5, 0.6) is 5.75 Å². The van der Waals surface area contributed by atoms with Gasteiger partial charge in [-0.2, -0.15) is 0 Å². The molecular formula is C25H31N5O5S2. The lowest BCUT2D eigenvalue weighted by atomic mass is 10.1. The molecule has 0 aliphatic rings. The first-order chi connectivity index (χ1) is 17.5. The average molecular weight is 546 g/mol. The first-order valence-electron chi connectivity index (χ1n) is 11.8. The second-order valence-corrected chi connectivity index (χ2v) is 10.3. The molecule has 0 aliphatic heterocycles. The number of thiophene rings is 1. The van der Waals surface area contributed by atoms with Gasteiger partial charge in [-0.05, 0) is 70.4 Å². The van der Waals surface area contributed by atoms with Gasteiger partial charge in [0.25, 0.3) is 5.91 Å². The van der Waals surface area contributed by atoms with Crippen molar-refractivity contribution in [2.75, 3.05) is 17.7 Å². The van der Waals surface area contributed by atoms with Crippen molar-refractivity contribution in [3.05, 3.63) is 51.2 Å². The minimum Gasteiger partial charge on any atom is -0.483 e. The SMILES string of the molecule is CCOC(=O)c1c(NC(=O)CSc2nnc(C(C)Oc3cc(C)cc(C)c3)n2CC)sc(C(N)=O)c1C. The van der Waals surface area contributed by atoms with Crippen LogP contribution in [-0.4, -0.2) is 44.9 Å². The second kappa shape index (κ2) is 12.2. The number of carbonyl (C=O) groups is 3. The van der Waals surface area contributed by atoms with Crippen molar-refractivity contribution in [2.24, 2.45) is 5.73 Å². The molecule has 0 saturated heterocycles. The van der Waals surface area contributed by atoms with Gasteiger partial charge in [-0.15, -0.1) is 21.5 Å². The number of aromatic nitrogens is 3. The van der Waals surface area contributed by atoms with Crippen LogP contribution in [-0.2, 0) is 16.1 Å². The fourth-order valence-corrected chi connectivity index (χ4v) is 5.71. The predicted octanol–water partition coefficient (Wildman–Crippen LogP) is 4.43. The molecule has 2 amide bonds. The van der Waals surface area contributed by atoms with Gasteiger partial charge in [-0.25, -0.2) is 4.79 Å². The highest BCUT2D eigenvalue weighted by atomic mass is 32.2. The summed E-state index contributed by atoms with van der Waals surface area (Å²) in [5.74, 6) is -0.268. The Kier molecular flexibility index (Phi) is 9.33. The van der Waals surface area contributed by atoms with Crippen LogP contribution >= 0.6 is 23.1 Å². The Bertz CT molecular complexity index is 1300. The summed E-state index contributed by atoms with van der Waals surface area (Å²) >= 11 is 2.16. The third-order valence-corrected chi connectivity index (χ3v) is 7.56. The number of nitrogens with one attached hydrogen (secondary N) is 1. The van der Waals surface area contributed by atoms with Gasteiger partial charge >= 0.3 is 5.97 Å². The molecular weight excluding hydrogens is 514 g/mol. The van der Waals surface area contributed by atoms with E-state index in [1.165, 1.54) is 11.8 Å². The van der Waals surface area contributed by atoms with Crippen LogP contribution in [0.15, 0.2) is 23.4 Å². The van der Waals surface area contributed by atoms with Crippen LogP contribution in [0.25, 0.3) is 0 Å². The van der Waals surface area contributed by atoms with E-state index >= 15 is 0 Å². The number of primary amides is 1. The number of ether oxygens (including phenoxy) is 2. The number of hydrogen-bond donors (Lipinski definition) is 2. The number of anilines is 1. The summed E-state index contributed by atoms with van der Waals surface area (Å²) < 4.78 is 13.1. The molecule has 1 unspecified atom stereocenters. The van der Waals surface area contributed by atoms with Gasteiger partial charge in [-0.1, -0.05) is 17.8 Å². The van der Waals surface area contributed by atoms with E-state index in [4.69, 9.17) is 15.2 Å². The Morgan fingerprint density at radius 1 is 1.14 bits per heavy atom. The summed E-state index contributed by atoms with van der Waals surface area (Å²) in [4.78, 5) is 37.2. The van der Waals surface area contributed by atoms with Crippen molar-refractivity contribution in [3.8, 4) is 5.75 Å². The molecule has 0 aliphatic carbocycles. The van der Waals surface area contributed by atoms with Crippen molar-refractivity contribution in [2.45, 2.75) is 59.3 Å². The highest BCUT2D eigenvalue weighted by Crippen LogP contribution is 2.34. The lowest BCUT2D eigenvalue weighted by Gasteiger charge is -2.16. The van der Waals surface area contributed by atoms with E-state index in [0.717, 1.165) is 28.2 Å². The second-order valence-electron chi connectivity index (χ2n) is 8.35. The minimum absolute atomic E-state index is 0.00949. The molecule has 10 nitrogen and oxygen atoms in total. The largest absolute Gasteiger partial charge is 0.483 e. The van der Waals surface area contributed by atoms with Crippen molar-refractivity contribution in [1.82, 2.24) is 14.8 Å². The Balaban J connectivity index is 1.72. The molecule has 1 atom stereocenters. The number of carbonyl (C=O) groups excluding carboxylic acids is 3. The fourth-order valence-electron chi connectivity index (χ4n) is 3.84. The van der Waals surface area contributed by atoms with Crippen molar-refractivity contribution < 1.29 is 23.9 Å². The number of aryl methyl sites for hydroxylation is 2. The number of amides is 2. The van der Waals surface area contributed by atoms with Crippen LogP contribution in [0, 0.1) is 20.8 Å². The number of rotatable bonds is 11. The molecule has 3 rings (SSSR count). The highest BCUT2D eigenvalue weighted by Gasteiger charge is 2.26. The zero-order chi connectivity index (χ0) is 27.3. The molecule has 0 saturated carbocycles. The number of nitrogens with zero attached hydrogens (tertiary/aromatic N) is 3. The fraction of sp³-hybridized carbons (Fsp3) is 0.400. The summed E-state index contributed by atoms with van der Waals surface area (Å²) in [5, 5.41) is 12.1. The van der Waals surface area contributed by atoms with Crippen LogP contribution in [0.2, 0.25) is 0 Å². The van der Waals surface area contributed by atoms with Gasteiger partial charge in [-0.3, -0.25) is 9.59 Å². The minimum atomic E-state index is -0.677. The van der Waals surface area contributed by atoms with Gasteiger partial charge in [0.1, 0.15) is 10.8 Å². The van der Waals surface area contributed by atoms with Gasteiger partial charge in [0, 0.05) is 6.54 Å². The zero-order valence-electron chi connectivity index (χ0n) is 21.7. The summed E-state index contributed by atoms with van der Waals surface area (Å²) in [7, 11) is 0. The molecule has 0 bridgehead atoms. The van der Waals surface area contributed by atoms with E-state index in [1.54, 1.807) is 13.8 Å². The Hall–Kier alpha value is -3.38. The molecule has 12 heteroatoms. The third kappa shape index (κ3) is 6.69. The summed E-state index contributed by atoms with van der Waals surface area (Å²) in [5.41, 5.74) is 8.16. The molecule has 0 spiro atoms. The molecule has 0 radical (unpaired) electrons.